The van der Waals surface area contributed by atoms with Gasteiger partial charge >= 0.3 is 0 Å². The van der Waals surface area contributed by atoms with Crippen LogP contribution in [0.5, 0.6) is 17.2 Å². The monoisotopic (exact) mass is 330 g/mol. The van der Waals surface area contributed by atoms with Gasteiger partial charge in [0.2, 0.25) is 0 Å². The Balaban J connectivity index is 1.57. The summed E-state index contributed by atoms with van der Waals surface area (Å²) in [6.45, 7) is 8.89. The predicted octanol–water partition coefficient (Wildman–Crippen LogP) is 4.18. The third kappa shape index (κ3) is 5.78. The molecule has 0 aliphatic carbocycles. The standard InChI is InChI=1S/C20H26O4/c1-4-22-18-8-10-19(11-9-18)23-14-12-21-13-15-24-20-7-5-6-16(2)17(20)3/h5-11H,4,12-15H2,1-3H3. The van der Waals surface area contributed by atoms with Gasteiger partial charge in [-0.15, -0.1) is 0 Å². The van der Waals surface area contributed by atoms with Crippen LogP contribution in [0.25, 0.3) is 0 Å². The highest BCUT2D eigenvalue weighted by atomic mass is 16.5. The van der Waals surface area contributed by atoms with E-state index in [0.717, 1.165) is 17.2 Å². The molecule has 24 heavy (non-hydrogen) atoms. The maximum atomic E-state index is 5.74. The Kier molecular flexibility index (Phi) is 7.43. The summed E-state index contributed by atoms with van der Waals surface area (Å²) >= 11 is 0. The molecule has 0 saturated carbocycles. The van der Waals surface area contributed by atoms with Crippen molar-refractivity contribution in [2.24, 2.45) is 0 Å². The first-order valence-corrected chi connectivity index (χ1v) is 8.33. The Morgan fingerprint density at radius 1 is 0.708 bits per heavy atom. The van der Waals surface area contributed by atoms with Gasteiger partial charge < -0.3 is 18.9 Å². The molecule has 0 atom stereocenters. The third-order valence-electron chi connectivity index (χ3n) is 3.67. The van der Waals surface area contributed by atoms with Crippen molar-refractivity contribution in [1.82, 2.24) is 0 Å². The molecule has 4 heteroatoms. The SMILES string of the molecule is CCOc1ccc(OCCOCCOc2cccc(C)c2C)cc1. The van der Waals surface area contributed by atoms with E-state index in [1.54, 1.807) is 0 Å². The minimum atomic E-state index is 0.511. The van der Waals surface area contributed by atoms with Crippen LogP contribution in [0.1, 0.15) is 18.1 Å². The lowest BCUT2D eigenvalue weighted by Crippen LogP contribution is -2.12. The lowest BCUT2D eigenvalue weighted by Gasteiger charge is -2.11. The van der Waals surface area contributed by atoms with Gasteiger partial charge in [-0.2, -0.15) is 0 Å². The Morgan fingerprint density at radius 3 is 2.00 bits per heavy atom. The fourth-order valence-corrected chi connectivity index (χ4v) is 2.21. The quantitative estimate of drug-likeness (QED) is 0.613. The Labute approximate surface area is 144 Å². The van der Waals surface area contributed by atoms with Crippen LogP contribution in [0.15, 0.2) is 42.5 Å². The molecule has 2 rings (SSSR count). The van der Waals surface area contributed by atoms with E-state index in [1.807, 2.05) is 43.3 Å². The lowest BCUT2D eigenvalue weighted by molar-refractivity contribution is 0.0762. The number of hydrogen-bond acceptors (Lipinski definition) is 4. The minimum Gasteiger partial charge on any atom is -0.494 e. The highest BCUT2D eigenvalue weighted by Crippen LogP contribution is 2.20. The highest BCUT2D eigenvalue weighted by Gasteiger charge is 2.01. The van der Waals surface area contributed by atoms with Gasteiger partial charge in [0, 0.05) is 0 Å². The first kappa shape index (κ1) is 18.1. The molecule has 0 amide bonds. The first-order chi connectivity index (χ1) is 11.7. The summed E-state index contributed by atoms with van der Waals surface area (Å²) in [7, 11) is 0. The molecule has 0 unspecified atom stereocenters. The third-order valence-corrected chi connectivity index (χ3v) is 3.67. The van der Waals surface area contributed by atoms with Crippen LogP contribution in [0.3, 0.4) is 0 Å². The van der Waals surface area contributed by atoms with Crippen molar-refractivity contribution < 1.29 is 18.9 Å². The summed E-state index contributed by atoms with van der Waals surface area (Å²) < 4.78 is 22.3. The summed E-state index contributed by atoms with van der Waals surface area (Å²) in [4.78, 5) is 0. The van der Waals surface area contributed by atoms with Crippen LogP contribution in [-0.2, 0) is 4.74 Å². The number of ether oxygens (including phenoxy) is 4. The van der Waals surface area contributed by atoms with E-state index in [-0.39, 0.29) is 0 Å². The number of aryl methyl sites for hydroxylation is 1. The van der Waals surface area contributed by atoms with Gasteiger partial charge in [-0.1, -0.05) is 12.1 Å². The molecule has 4 nitrogen and oxygen atoms in total. The van der Waals surface area contributed by atoms with Crippen LogP contribution in [0.4, 0.5) is 0 Å². The van der Waals surface area contributed by atoms with E-state index >= 15 is 0 Å². The van der Waals surface area contributed by atoms with Crippen LogP contribution >= 0.6 is 0 Å². The summed E-state index contributed by atoms with van der Waals surface area (Å²) in [5, 5.41) is 0. The summed E-state index contributed by atoms with van der Waals surface area (Å²) in [6, 6.07) is 13.7. The number of hydrogen-bond donors (Lipinski definition) is 0. The second kappa shape index (κ2) is 9.83. The van der Waals surface area contributed by atoms with Crippen molar-refractivity contribution in [2.45, 2.75) is 20.8 Å². The van der Waals surface area contributed by atoms with Crippen molar-refractivity contribution in [3.8, 4) is 17.2 Å². The van der Waals surface area contributed by atoms with Crippen molar-refractivity contribution in [3.05, 3.63) is 53.6 Å². The van der Waals surface area contributed by atoms with Crippen LogP contribution in [-0.4, -0.2) is 33.0 Å². The molecule has 0 aliphatic heterocycles. The van der Waals surface area contributed by atoms with E-state index in [0.29, 0.717) is 33.0 Å². The van der Waals surface area contributed by atoms with E-state index in [2.05, 4.69) is 19.9 Å². The van der Waals surface area contributed by atoms with E-state index in [4.69, 9.17) is 18.9 Å². The summed E-state index contributed by atoms with van der Waals surface area (Å²) in [6.07, 6.45) is 0. The predicted molar refractivity (Wildman–Crippen MR) is 95.3 cm³/mol. The molecule has 0 aliphatic rings. The molecular weight excluding hydrogens is 304 g/mol. The van der Waals surface area contributed by atoms with Crippen LogP contribution < -0.4 is 14.2 Å². The van der Waals surface area contributed by atoms with Gasteiger partial charge in [0.25, 0.3) is 0 Å². The molecule has 0 bridgehead atoms. The average Bonchev–Trinajstić information content (AvgIpc) is 2.59. The van der Waals surface area contributed by atoms with Crippen molar-refractivity contribution in [1.29, 1.82) is 0 Å². The molecule has 2 aromatic rings. The first-order valence-electron chi connectivity index (χ1n) is 8.33. The molecule has 0 saturated heterocycles. The topological polar surface area (TPSA) is 36.9 Å². The fourth-order valence-electron chi connectivity index (χ4n) is 2.21. The maximum absolute atomic E-state index is 5.74. The molecule has 0 spiro atoms. The Morgan fingerprint density at radius 2 is 1.33 bits per heavy atom. The van der Waals surface area contributed by atoms with Crippen molar-refractivity contribution in [2.75, 3.05) is 33.0 Å². The normalized spacial score (nSPS) is 10.5. The van der Waals surface area contributed by atoms with Gasteiger partial charge in [0.1, 0.15) is 30.5 Å². The lowest BCUT2D eigenvalue weighted by atomic mass is 10.1. The van der Waals surface area contributed by atoms with Gasteiger partial charge in [-0.05, 0) is 62.2 Å². The minimum absolute atomic E-state index is 0.511. The molecule has 0 aromatic heterocycles. The molecule has 0 N–H and O–H groups in total. The molecular formula is C20H26O4. The summed E-state index contributed by atoms with van der Waals surface area (Å²) in [5.41, 5.74) is 2.41. The van der Waals surface area contributed by atoms with Crippen LogP contribution in [0, 0.1) is 13.8 Å². The molecule has 0 heterocycles. The van der Waals surface area contributed by atoms with E-state index in [1.165, 1.54) is 11.1 Å². The highest BCUT2D eigenvalue weighted by molar-refractivity contribution is 5.38. The largest absolute Gasteiger partial charge is 0.494 e. The molecule has 0 fully saturated rings. The maximum Gasteiger partial charge on any atom is 0.122 e. The average molecular weight is 330 g/mol. The number of benzene rings is 2. The van der Waals surface area contributed by atoms with Crippen LogP contribution in [0.2, 0.25) is 0 Å². The molecule has 0 radical (unpaired) electrons. The molecule has 130 valence electrons. The van der Waals surface area contributed by atoms with Gasteiger partial charge in [0.05, 0.1) is 19.8 Å². The van der Waals surface area contributed by atoms with Crippen molar-refractivity contribution in [3.63, 3.8) is 0 Å². The molecule has 2 aromatic carbocycles. The summed E-state index contributed by atoms with van der Waals surface area (Å²) in [5.74, 6) is 2.59. The zero-order valence-electron chi connectivity index (χ0n) is 14.7. The second-order valence-electron chi connectivity index (χ2n) is 5.41. The van der Waals surface area contributed by atoms with E-state index in [9.17, 15) is 0 Å². The smallest absolute Gasteiger partial charge is 0.122 e. The number of rotatable bonds is 10. The van der Waals surface area contributed by atoms with Gasteiger partial charge in [-0.3, -0.25) is 0 Å². The van der Waals surface area contributed by atoms with Crippen molar-refractivity contribution >= 4 is 0 Å². The van der Waals surface area contributed by atoms with E-state index < -0.39 is 0 Å². The zero-order valence-corrected chi connectivity index (χ0v) is 14.7. The zero-order chi connectivity index (χ0) is 17.2. The Bertz CT molecular complexity index is 608. The second-order valence-corrected chi connectivity index (χ2v) is 5.41. The Hall–Kier alpha value is -2.20. The van der Waals surface area contributed by atoms with Gasteiger partial charge in [0.15, 0.2) is 0 Å². The van der Waals surface area contributed by atoms with Gasteiger partial charge in [-0.25, -0.2) is 0 Å². The fraction of sp³-hybridized carbons (Fsp3) is 0.400.